The number of alkyl halides is 3. The first-order valence-electron chi connectivity index (χ1n) is 14.3. The van der Waals surface area contributed by atoms with Crippen LogP contribution in [0.5, 0.6) is 0 Å². The monoisotopic (exact) mass is 632 g/mol. The predicted molar refractivity (Wildman–Crippen MR) is 160 cm³/mol. The number of hydrogen-bond donors (Lipinski definition) is 0. The van der Waals surface area contributed by atoms with Crippen LogP contribution in [0.2, 0.25) is 0 Å². The third-order valence-electron chi connectivity index (χ3n) is 8.89. The lowest BCUT2D eigenvalue weighted by molar-refractivity contribution is -0.137. The standard InChI is InChI=1S/C32H32F4N2O3S2/c1-31(2)11-9-22(10-12-31)43(40,41)23-5-7-25-24-6-4-21(18-26(24)30(39)27(25)19-23)42-38-15-13-37(14-16-38)29-8-3-20(33)17-28(29)32(34,35)36/h3-8,17-19,22H,9-16H2,1-2H3. The fourth-order valence-corrected chi connectivity index (χ4v) is 9.05. The fraction of sp³-hybridized carbons (Fsp3) is 0.406. The maximum atomic E-state index is 13.5. The summed E-state index contributed by atoms with van der Waals surface area (Å²) in [5, 5.41) is -0.441. The molecule has 0 spiro atoms. The Morgan fingerprint density at radius 2 is 1.47 bits per heavy atom. The lowest BCUT2D eigenvalue weighted by atomic mass is 9.77. The minimum absolute atomic E-state index is 0.0341. The number of anilines is 1. The number of rotatable bonds is 5. The Kier molecular flexibility index (Phi) is 7.66. The van der Waals surface area contributed by atoms with Gasteiger partial charge in [-0.05, 0) is 96.6 Å². The van der Waals surface area contributed by atoms with E-state index >= 15 is 0 Å². The Labute approximate surface area is 253 Å². The molecule has 3 aromatic carbocycles. The van der Waals surface area contributed by atoms with E-state index in [2.05, 4.69) is 13.8 Å². The largest absolute Gasteiger partial charge is 0.418 e. The number of carbonyl (C=O) groups is 1. The molecular weight excluding hydrogens is 600 g/mol. The van der Waals surface area contributed by atoms with Crippen LogP contribution in [0.3, 0.4) is 0 Å². The van der Waals surface area contributed by atoms with Crippen LogP contribution in [0.15, 0.2) is 64.4 Å². The van der Waals surface area contributed by atoms with Crippen LogP contribution in [0.1, 0.15) is 61.0 Å². The predicted octanol–water partition coefficient (Wildman–Crippen LogP) is 7.63. The van der Waals surface area contributed by atoms with Crippen LogP contribution in [-0.2, 0) is 16.0 Å². The maximum Gasteiger partial charge on any atom is 0.418 e. The molecule has 5 nitrogen and oxygen atoms in total. The van der Waals surface area contributed by atoms with Gasteiger partial charge in [0.05, 0.1) is 15.7 Å². The molecule has 11 heteroatoms. The van der Waals surface area contributed by atoms with Crippen LogP contribution in [0, 0.1) is 11.2 Å². The third kappa shape index (κ3) is 5.83. The van der Waals surface area contributed by atoms with E-state index in [1.807, 2.05) is 16.4 Å². The molecule has 0 radical (unpaired) electrons. The molecule has 0 N–H and O–H groups in total. The van der Waals surface area contributed by atoms with Crippen molar-refractivity contribution in [1.82, 2.24) is 4.31 Å². The molecule has 43 heavy (non-hydrogen) atoms. The van der Waals surface area contributed by atoms with Crippen molar-refractivity contribution in [1.29, 1.82) is 0 Å². The highest BCUT2D eigenvalue weighted by Crippen LogP contribution is 2.43. The van der Waals surface area contributed by atoms with Crippen molar-refractivity contribution in [3.8, 4) is 11.1 Å². The number of sulfone groups is 1. The van der Waals surface area contributed by atoms with Gasteiger partial charge in [0.15, 0.2) is 15.6 Å². The summed E-state index contributed by atoms with van der Waals surface area (Å²) in [7, 11) is -3.56. The van der Waals surface area contributed by atoms with Gasteiger partial charge < -0.3 is 4.90 Å². The molecule has 0 unspecified atom stereocenters. The molecule has 228 valence electrons. The molecule has 2 aliphatic carbocycles. The molecule has 0 atom stereocenters. The SMILES string of the molecule is CC1(C)CCC(S(=O)(=O)c2ccc3c(c2)C(=O)c2cc(SN4CCN(c5ccc(F)cc5C(F)(F)F)CC4)ccc2-3)CC1. The van der Waals surface area contributed by atoms with Gasteiger partial charge in [0, 0.05) is 47.9 Å². The zero-order valence-electron chi connectivity index (χ0n) is 23.9. The van der Waals surface area contributed by atoms with E-state index in [9.17, 15) is 30.8 Å². The second-order valence-corrected chi connectivity index (χ2v) is 15.7. The van der Waals surface area contributed by atoms with E-state index < -0.39 is 32.6 Å². The quantitative estimate of drug-likeness (QED) is 0.167. The van der Waals surface area contributed by atoms with Gasteiger partial charge in [-0.15, -0.1) is 0 Å². The van der Waals surface area contributed by atoms with E-state index in [1.54, 1.807) is 23.1 Å². The Hall–Kier alpha value is -2.89. The second kappa shape index (κ2) is 10.9. The van der Waals surface area contributed by atoms with E-state index in [0.717, 1.165) is 29.4 Å². The zero-order valence-corrected chi connectivity index (χ0v) is 25.5. The van der Waals surface area contributed by atoms with Crippen LogP contribution < -0.4 is 4.90 Å². The van der Waals surface area contributed by atoms with Crippen molar-refractivity contribution in [3.63, 3.8) is 0 Å². The first kappa shape index (κ1) is 30.1. The average molecular weight is 633 g/mol. The smallest absolute Gasteiger partial charge is 0.368 e. The van der Waals surface area contributed by atoms with E-state index in [1.165, 1.54) is 24.1 Å². The summed E-state index contributed by atoms with van der Waals surface area (Å²) in [6.07, 6.45) is -1.73. The zero-order chi connectivity index (χ0) is 30.7. The van der Waals surface area contributed by atoms with Gasteiger partial charge in [-0.25, -0.2) is 17.1 Å². The van der Waals surface area contributed by atoms with Crippen LogP contribution in [0.25, 0.3) is 11.1 Å². The average Bonchev–Trinajstić information content (AvgIpc) is 3.23. The summed E-state index contributed by atoms with van der Waals surface area (Å²) < 4.78 is 83.0. The van der Waals surface area contributed by atoms with Gasteiger partial charge in [-0.2, -0.15) is 13.2 Å². The Morgan fingerprint density at radius 3 is 2.12 bits per heavy atom. The van der Waals surface area contributed by atoms with Crippen molar-refractivity contribution >= 4 is 33.3 Å². The molecule has 0 bridgehead atoms. The first-order valence-corrected chi connectivity index (χ1v) is 16.7. The summed E-state index contributed by atoms with van der Waals surface area (Å²) in [5.41, 5.74) is 1.50. The van der Waals surface area contributed by atoms with Gasteiger partial charge in [0.25, 0.3) is 0 Å². The van der Waals surface area contributed by atoms with Crippen molar-refractivity contribution < 1.29 is 30.8 Å². The van der Waals surface area contributed by atoms with Crippen molar-refractivity contribution in [2.75, 3.05) is 31.1 Å². The van der Waals surface area contributed by atoms with Gasteiger partial charge in [-0.1, -0.05) is 26.0 Å². The molecular formula is C32H32F4N2O3S2. The summed E-state index contributed by atoms with van der Waals surface area (Å²) in [6, 6.07) is 13.2. The van der Waals surface area contributed by atoms with Gasteiger partial charge >= 0.3 is 6.18 Å². The molecule has 1 aliphatic heterocycles. The Balaban J connectivity index is 1.14. The Bertz CT molecular complexity index is 1690. The maximum absolute atomic E-state index is 13.5. The van der Waals surface area contributed by atoms with Crippen molar-refractivity contribution in [2.24, 2.45) is 5.41 Å². The van der Waals surface area contributed by atoms with Gasteiger partial charge in [0.1, 0.15) is 5.82 Å². The number of halogens is 4. The lowest BCUT2D eigenvalue weighted by Gasteiger charge is -2.36. The molecule has 3 aliphatic rings. The minimum Gasteiger partial charge on any atom is -0.368 e. The topological polar surface area (TPSA) is 57.7 Å². The summed E-state index contributed by atoms with van der Waals surface area (Å²) in [6.45, 7) is 5.90. The van der Waals surface area contributed by atoms with Gasteiger partial charge in [0.2, 0.25) is 0 Å². The second-order valence-electron chi connectivity index (χ2n) is 12.3. The molecule has 0 aromatic heterocycles. The highest BCUT2D eigenvalue weighted by atomic mass is 32.2. The Morgan fingerprint density at radius 1 is 0.837 bits per heavy atom. The van der Waals surface area contributed by atoms with Gasteiger partial charge in [-0.3, -0.25) is 4.79 Å². The van der Waals surface area contributed by atoms with Crippen LogP contribution in [0.4, 0.5) is 23.2 Å². The van der Waals surface area contributed by atoms with E-state index in [-0.39, 0.29) is 21.8 Å². The van der Waals surface area contributed by atoms with Crippen molar-refractivity contribution in [2.45, 2.75) is 60.7 Å². The summed E-state index contributed by atoms with van der Waals surface area (Å²) in [5.74, 6) is -1.14. The number of benzene rings is 3. The summed E-state index contributed by atoms with van der Waals surface area (Å²) >= 11 is 1.42. The molecule has 1 saturated carbocycles. The highest BCUT2D eigenvalue weighted by Gasteiger charge is 2.38. The normalized spacial score (nSPS) is 19.4. The summed E-state index contributed by atoms with van der Waals surface area (Å²) in [4.78, 5) is 16.1. The number of ketones is 1. The van der Waals surface area contributed by atoms with Crippen LogP contribution >= 0.6 is 11.9 Å². The minimum atomic E-state index is -4.66. The van der Waals surface area contributed by atoms with E-state index in [4.69, 9.17) is 0 Å². The van der Waals surface area contributed by atoms with Crippen LogP contribution in [-0.4, -0.2) is 49.9 Å². The van der Waals surface area contributed by atoms with Crippen molar-refractivity contribution in [3.05, 3.63) is 77.1 Å². The molecule has 1 saturated heterocycles. The molecule has 2 fully saturated rings. The third-order valence-corrected chi connectivity index (χ3v) is 12.2. The first-order chi connectivity index (χ1) is 20.2. The lowest BCUT2D eigenvalue weighted by Crippen LogP contribution is -2.44. The molecule has 3 aromatic rings. The number of fused-ring (bicyclic) bond motifs is 3. The molecule has 6 rings (SSSR count). The highest BCUT2D eigenvalue weighted by molar-refractivity contribution is 7.97. The number of hydrogen-bond acceptors (Lipinski definition) is 6. The molecule has 0 amide bonds. The molecule has 1 heterocycles. The number of carbonyl (C=O) groups excluding carboxylic acids is 1. The van der Waals surface area contributed by atoms with E-state index in [0.29, 0.717) is 61.8 Å². The number of piperazine rings is 1. The fourth-order valence-electron chi connectivity index (χ4n) is 6.33. The number of nitrogens with zero attached hydrogens (tertiary/aromatic N) is 2.